The van der Waals surface area contributed by atoms with Crippen LogP contribution < -0.4 is 0 Å². The van der Waals surface area contributed by atoms with E-state index >= 15 is 0 Å². The van der Waals surface area contributed by atoms with Crippen molar-refractivity contribution in [3.63, 3.8) is 0 Å². The van der Waals surface area contributed by atoms with Gasteiger partial charge in [-0.3, -0.25) is 0 Å². The monoisotopic (exact) mass is 266 g/mol. The molecular formula is C19H38. The van der Waals surface area contributed by atoms with Gasteiger partial charge in [0.05, 0.1) is 0 Å². The second-order valence-electron chi connectivity index (χ2n) is 7.71. The van der Waals surface area contributed by atoms with Gasteiger partial charge in [-0.05, 0) is 48.3 Å². The van der Waals surface area contributed by atoms with Crippen LogP contribution in [0.5, 0.6) is 0 Å². The highest BCUT2D eigenvalue weighted by atomic mass is 14.4. The molecule has 0 heteroatoms. The molecule has 0 amide bonds. The first-order valence-corrected chi connectivity index (χ1v) is 8.99. The SMILES string of the molecule is CCCC(C)C(CC)C(C)CCC(C)CC1CC1C. The van der Waals surface area contributed by atoms with Gasteiger partial charge in [0.1, 0.15) is 0 Å². The molecule has 114 valence electrons. The van der Waals surface area contributed by atoms with Crippen molar-refractivity contribution >= 4 is 0 Å². The summed E-state index contributed by atoms with van der Waals surface area (Å²) in [7, 11) is 0. The third kappa shape index (κ3) is 5.88. The lowest BCUT2D eigenvalue weighted by atomic mass is 9.76. The van der Waals surface area contributed by atoms with Crippen LogP contribution in [0.15, 0.2) is 0 Å². The lowest BCUT2D eigenvalue weighted by Crippen LogP contribution is -2.20. The Balaban J connectivity index is 2.25. The van der Waals surface area contributed by atoms with Gasteiger partial charge in [0.15, 0.2) is 0 Å². The zero-order valence-corrected chi connectivity index (χ0v) is 14.4. The van der Waals surface area contributed by atoms with Gasteiger partial charge in [-0.2, -0.15) is 0 Å². The van der Waals surface area contributed by atoms with Crippen LogP contribution in [-0.2, 0) is 0 Å². The molecule has 1 rings (SSSR count). The van der Waals surface area contributed by atoms with E-state index in [1.165, 1.54) is 44.9 Å². The van der Waals surface area contributed by atoms with Crippen LogP contribution in [0.3, 0.4) is 0 Å². The van der Waals surface area contributed by atoms with Crippen LogP contribution in [0.4, 0.5) is 0 Å². The maximum atomic E-state index is 2.51. The van der Waals surface area contributed by atoms with Crippen molar-refractivity contribution in [2.24, 2.45) is 35.5 Å². The molecule has 0 aromatic carbocycles. The predicted octanol–water partition coefficient (Wildman–Crippen LogP) is 6.55. The lowest BCUT2D eigenvalue weighted by Gasteiger charge is -2.29. The first-order chi connectivity index (χ1) is 8.99. The first kappa shape index (κ1) is 17.1. The molecule has 0 spiro atoms. The van der Waals surface area contributed by atoms with Crippen molar-refractivity contribution in [2.45, 2.75) is 86.5 Å². The molecular weight excluding hydrogens is 228 g/mol. The van der Waals surface area contributed by atoms with Gasteiger partial charge in [-0.15, -0.1) is 0 Å². The fourth-order valence-corrected chi connectivity index (χ4v) is 4.16. The summed E-state index contributed by atoms with van der Waals surface area (Å²) in [5, 5.41) is 0. The summed E-state index contributed by atoms with van der Waals surface area (Å²) in [5.74, 6) is 5.86. The summed E-state index contributed by atoms with van der Waals surface area (Å²) in [5.41, 5.74) is 0. The van der Waals surface area contributed by atoms with Crippen LogP contribution in [0, 0.1) is 35.5 Å². The van der Waals surface area contributed by atoms with Crippen LogP contribution in [0.2, 0.25) is 0 Å². The van der Waals surface area contributed by atoms with Gasteiger partial charge >= 0.3 is 0 Å². The summed E-state index contributed by atoms with van der Waals surface area (Å²) in [6, 6.07) is 0. The minimum Gasteiger partial charge on any atom is -0.0654 e. The summed E-state index contributed by atoms with van der Waals surface area (Å²) in [4.78, 5) is 0. The van der Waals surface area contributed by atoms with E-state index in [1.807, 2.05) is 0 Å². The van der Waals surface area contributed by atoms with E-state index < -0.39 is 0 Å². The van der Waals surface area contributed by atoms with E-state index in [4.69, 9.17) is 0 Å². The Morgan fingerprint density at radius 3 is 2.00 bits per heavy atom. The number of hydrogen-bond acceptors (Lipinski definition) is 0. The highest BCUT2D eigenvalue weighted by molar-refractivity contribution is 4.83. The molecule has 1 aliphatic rings. The van der Waals surface area contributed by atoms with Crippen molar-refractivity contribution in [3.8, 4) is 0 Å². The van der Waals surface area contributed by atoms with Gasteiger partial charge < -0.3 is 0 Å². The molecule has 6 unspecified atom stereocenters. The molecule has 1 saturated carbocycles. The molecule has 0 nitrogen and oxygen atoms in total. The van der Waals surface area contributed by atoms with E-state index in [0.717, 1.165) is 35.5 Å². The molecule has 0 aromatic rings. The normalized spacial score (nSPS) is 28.7. The molecule has 0 aromatic heterocycles. The van der Waals surface area contributed by atoms with E-state index in [9.17, 15) is 0 Å². The molecule has 0 saturated heterocycles. The predicted molar refractivity (Wildman–Crippen MR) is 87.3 cm³/mol. The van der Waals surface area contributed by atoms with Crippen molar-refractivity contribution < 1.29 is 0 Å². The van der Waals surface area contributed by atoms with Crippen LogP contribution in [0.1, 0.15) is 86.5 Å². The molecule has 19 heavy (non-hydrogen) atoms. The molecule has 0 N–H and O–H groups in total. The number of rotatable bonds is 10. The smallest absolute Gasteiger partial charge is 0.0365 e. The van der Waals surface area contributed by atoms with E-state index in [0.29, 0.717) is 0 Å². The molecule has 0 aliphatic heterocycles. The molecule has 0 radical (unpaired) electrons. The highest BCUT2D eigenvalue weighted by Gasteiger charge is 2.33. The van der Waals surface area contributed by atoms with Gasteiger partial charge in [-0.1, -0.05) is 73.6 Å². The lowest BCUT2D eigenvalue weighted by molar-refractivity contribution is 0.212. The average Bonchev–Trinajstić information content (AvgIpc) is 3.03. The van der Waals surface area contributed by atoms with Crippen molar-refractivity contribution in [2.75, 3.05) is 0 Å². The van der Waals surface area contributed by atoms with E-state index in [-0.39, 0.29) is 0 Å². The number of hydrogen-bond donors (Lipinski definition) is 0. The van der Waals surface area contributed by atoms with Crippen LogP contribution in [-0.4, -0.2) is 0 Å². The van der Waals surface area contributed by atoms with Crippen molar-refractivity contribution in [1.82, 2.24) is 0 Å². The van der Waals surface area contributed by atoms with Gasteiger partial charge in [0.25, 0.3) is 0 Å². The quantitative estimate of drug-likeness (QED) is 0.421. The molecule has 1 aliphatic carbocycles. The van der Waals surface area contributed by atoms with Gasteiger partial charge in [-0.25, -0.2) is 0 Å². The maximum absolute atomic E-state index is 2.51. The van der Waals surface area contributed by atoms with E-state index in [1.54, 1.807) is 0 Å². The molecule has 1 fully saturated rings. The minimum absolute atomic E-state index is 0.920. The molecule has 0 heterocycles. The Morgan fingerprint density at radius 1 is 0.947 bits per heavy atom. The second-order valence-corrected chi connectivity index (χ2v) is 7.71. The average molecular weight is 267 g/mol. The first-order valence-electron chi connectivity index (χ1n) is 8.99. The largest absolute Gasteiger partial charge is 0.0654 e. The van der Waals surface area contributed by atoms with E-state index in [2.05, 4.69) is 41.5 Å². The van der Waals surface area contributed by atoms with Gasteiger partial charge in [0, 0.05) is 0 Å². The van der Waals surface area contributed by atoms with Crippen molar-refractivity contribution in [1.29, 1.82) is 0 Å². The maximum Gasteiger partial charge on any atom is -0.0365 e. The Kier molecular flexibility index (Phi) is 7.47. The summed E-state index contributed by atoms with van der Waals surface area (Å²) in [6.07, 6.45) is 10.0. The van der Waals surface area contributed by atoms with Crippen molar-refractivity contribution in [3.05, 3.63) is 0 Å². The topological polar surface area (TPSA) is 0 Å². The minimum atomic E-state index is 0.920. The standard InChI is InChI=1S/C19H38/c1-7-9-15(4)19(8-2)16(5)11-10-14(3)12-18-13-17(18)6/h14-19H,7-13H2,1-6H3. The fraction of sp³-hybridized carbons (Fsp3) is 1.00. The third-order valence-electron chi connectivity index (χ3n) is 5.77. The third-order valence-corrected chi connectivity index (χ3v) is 5.77. The Bertz CT molecular complexity index is 232. The summed E-state index contributed by atoms with van der Waals surface area (Å²) >= 11 is 0. The molecule has 6 atom stereocenters. The summed E-state index contributed by atoms with van der Waals surface area (Å²) < 4.78 is 0. The second kappa shape index (κ2) is 8.32. The van der Waals surface area contributed by atoms with Gasteiger partial charge in [0.2, 0.25) is 0 Å². The zero-order chi connectivity index (χ0) is 14.4. The van der Waals surface area contributed by atoms with Crippen LogP contribution >= 0.6 is 0 Å². The Hall–Kier alpha value is 0. The Labute approximate surface area is 122 Å². The molecule has 0 bridgehead atoms. The van der Waals surface area contributed by atoms with Crippen LogP contribution in [0.25, 0.3) is 0 Å². The summed E-state index contributed by atoms with van der Waals surface area (Å²) in [6.45, 7) is 14.6. The zero-order valence-electron chi connectivity index (χ0n) is 14.4. The fourth-order valence-electron chi connectivity index (χ4n) is 4.16. The highest BCUT2D eigenvalue weighted by Crippen LogP contribution is 2.43. The Morgan fingerprint density at radius 2 is 1.53 bits per heavy atom.